The van der Waals surface area contributed by atoms with Crippen LogP contribution < -0.4 is 9.64 Å². The first-order valence-electron chi connectivity index (χ1n) is 10.4. The van der Waals surface area contributed by atoms with Gasteiger partial charge in [-0.2, -0.15) is 0 Å². The molecule has 1 aromatic heterocycles. The van der Waals surface area contributed by atoms with Crippen LogP contribution in [-0.2, 0) is 4.79 Å². The largest absolute Gasteiger partial charge is 0.483 e. The highest BCUT2D eigenvalue weighted by Crippen LogP contribution is 2.29. The van der Waals surface area contributed by atoms with Gasteiger partial charge in [-0.05, 0) is 61.4 Å². The minimum atomic E-state index is -0.00984. The van der Waals surface area contributed by atoms with Crippen LogP contribution in [-0.4, -0.2) is 53.8 Å². The van der Waals surface area contributed by atoms with Crippen molar-refractivity contribution in [2.45, 2.75) is 13.8 Å². The van der Waals surface area contributed by atoms with E-state index in [1.54, 1.807) is 12.1 Å². The van der Waals surface area contributed by atoms with Crippen molar-refractivity contribution in [3.8, 4) is 17.0 Å². The molecule has 1 aliphatic rings. The van der Waals surface area contributed by atoms with Gasteiger partial charge in [0.1, 0.15) is 5.75 Å². The van der Waals surface area contributed by atoms with E-state index in [0.717, 1.165) is 28.3 Å². The molecule has 1 saturated heterocycles. The maximum Gasteiger partial charge on any atom is 0.260 e. The van der Waals surface area contributed by atoms with Crippen molar-refractivity contribution in [3.63, 3.8) is 0 Å². The Bertz CT molecular complexity index is 1110. The molecule has 0 aliphatic carbocycles. The molecule has 0 N–H and O–H groups in total. The van der Waals surface area contributed by atoms with E-state index >= 15 is 0 Å². The summed E-state index contributed by atoms with van der Waals surface area (Å²) in [6, 6.07) is 15.1. The van der Waals surface area contributed by atoms with Crippen molar-refractivity contribution in [3.05, 3.63) is 69.7 Å². The highest BCUT2D eigenvalue weighted by molar-refractivity contribution is 6.36. The highest BCUT2D eigenvalue weighted by Gasteiger charge is 2.23. The number of amides is 1. The second kappa shape index (κ2) is 9.76. The zero-order valence-corrected chi connectivity index (χ0v) is 19.5. The minimum Gasteiger partial charge on any atom is -0.483 e. The van der Waals surface area contributed by atoms with Gasteiger partial charge in [0, 0.05) is 36.8 Å². The van der Waals surface area contributed by atoms with Crippen LogP contribution in [0.15, 0.2) is 48.5 Å². The third-order valence-electron chi connectivity index (χ3n) is 5.51. The average Bonchev–Trinajstić information content (AvgIpc) is 2.80. The summed E-state index contributed by atoms with van der Waals surface area (Å²) in [6.45, 7) is 6.62. The summed E-state index contributed by atoms with van der Waals surface area (Å²) in [7, 11) is 0. The van der Waals surface area contributed by atoms with Gasteiger partial charge in [0.05, 0.1) is 10.7 Å². The van der Waals surface area contributed by atoms with E-state index < -0.39 is 0 Å². The van der Waals surface area contributed by atoms with Crippen LogP contribution in [0, 0.1) is 13.8 Å². The molecule has 2 aromatic carbocycles. The fourth-order valence-electron chi connectivity index (χ4n) is 3.61. The number of aryl methyl sites for hydroxylation is 2. The third-order valence-corrected chi connectivity index (χ3v) is 6.06. The number of piperazine rings is 1. The van der Waals surface area contributed by atoms with Crippen LogP contribution in [0.5, 0.6) is 5.75 Å². The molecule has 3 aromatic rings. The van der Waals surface area contributed by atoms with Gasteiger partial charge < -0.3 is 14.5 Å². The number of carbonyl (C=O) groups excluding carboxylic acids is 1. The molecule has 1 aliphatic heterocycles. The number of hydrogen-bond donors (Lipinski definition) is 0. The summed E-state index contributed by atoms with van der Waals surface area (Å²) < 4.78 is 5.77. The number of ether oxygens (including phenoxy) is 1. The first-order chi connectivity index (χ1) is 15.4. The predicted molar refractivity (Wildman–Crippen MR) is 128 cm³/mol. The minimum absolute atomic E-state index is 0.00984. The van der Waals surface area contributed by atoms with Crippen molar-refractivity contribution < 1.29 is 9.53 Å². The Morgan fingerprint density at radius 2 is 1.75 bits per heavy atom. The maximum absolute atomic E-state index is 12.6. The summed E-state index contributed by atoms with van der Waals surface area (Å²) in [4.78, 5) is 16.6. The molecular weight excluding hydrogens is 447 g/mol. The highest BCUT2D eigenvalue weighted by atomic mass is 35.5. The standard InChI is InChI=1S/C24H24Cl2N4O2/c1-16-3-4-17(2)22(13-16)32-15-24(31)30-11-9-29(10-12-30)23-8-7-21(27-28-23)19-6-5-18(25)14-20(19)26/h3-8,13-14H,9-12,15H2,1-2H3. The molecule has 0 radical (unpaired) electrons. The summed E-state index contributed by atoms with van der Waals surface area (Å²) in [5, 5.41) is 9.81. The maximum atomic E-state index is 12.6. The van der Waals surface area contributed by atoms with E-state index in [1.807, 2.05) is 55.1 Å². The lowest BCUT2D eigenvalue weighted by molar-refractivity contribution is -0.133. The second-order valence-electron chi connectivity index (χ2n) is 7.83. The zero-order chi connectivity index (χ0) is 22.7. The molecule has 1 amide bonds. The van der Waals surface area contributed by atoms with E-state index in [4.69, 9.17) is 27.9 Å². The van der Waals surface area contributed by atoms with Crippen LogP contribution in [0.4, 0.5) is 5.82 Å². The molecule has 0 atom stereocenters. The van der Waals surface area contributed by atoms with E-state index in [9.17, 15) is 4.79 Å². The average molecular weight is 471 g/mol. The Morgan fingerprint density at radius 3 is 2.44 bits per heavy atom. The number of nitrogens with zero attached hydrogens (tertiary/aromatic N) is 4. The third kappa shape index (κ3) is 5.14. The Labute approximate surface area is 197 Å². The lowest BCUT2D eigenvalue weighted by Crippen LogP contribution is -2.50. The molecule has 1 fully saturated rings. The molecule has 0 unspecified atom stereocenters. The van der Waals surface area contributed by atoms with Gasteiger partial charge in [0.25, 0.3) is 5.91 Å². The summed E-state index contributed by atoms with van der Waals surface area (Å²) in [6.07, 6.45) is 0. The summed E-state index contributed by atoms with van der Waals surface area (Å²) in [5.41, 5.74) is 3.61. The van der Waals surface area contributed by atoms with Gasteiger partial charge >= 0.3 is 0 Å². The molecule has 32 heavy (non-hydrogen) atoms. The number of halogens is 2. The van der Waals surface area contributed by atoms with E-state index in [1.165, 1.54) is 0 Å². The zero-order valence-electron chi connectivity index (χ0n) is 18.0. The number of aromatic nitrogens is 2. The van der Waals surface area contributed by atoms with Gasteiger partial charge in [-0.3, -0.25) is 4.79 Å². The smallest absolute Gasteiger partial charge is 0.260 e. The first-order valence-corrected chi connectivity index (χ1v) is 11.2. The Hall–Kier alpha value is -2.83. The van der Waals surface area contributed by atoms with Crippen molar-refractivity contribution in [1.29, 1.82) is 0 Å². The summed E-state index contributed by atoms with van der Waals surface area (Å²) >= 11 is 12.2. The van der Waals surface area contributed by atoms with Gasteiger partial charge in [-0.25, -0.2) is 0 Å². The van der Waals surface area contributed by atoms with Crippen LogP contribution in [0.2, 0.25) is 10.0 Å². The van der Waals surface area contributed by atoms with Crippen LogP contribution >= 0.6 is 23.2 Å². The molecule has 0 bridgehead atoms. The van der Waals surface area contributed by atoms with Crippen molar-refractivity contribution in [1.82, 2.24) is 15.1 Å². The molecule has 8 heteroatoms. The monoisotopic (exact) mass is 470 g/mol. The Kier molecular flexibility index (Phi) is 6.82. The molecule has 166 valence electrons. The first kappa shape index (κ1) is 22.4. The van der Waals surface area contributed by atoms with E-state index in [0.29, 0.717) is 41.9 Å². The number of anilines is 1. The van der Waals surface area contributed by atoms with Crippen LogP contribution in [0.25, 0.3) is 11.3 Å². The Morgan fingerprint density at radius 1 is 0.969 bits per heavy atom. The SMILES string of the molecule is Cc1ccc(C)c(OCC(=O)N2CCN(c3ccc(-c4ccc(Cl)cc4Cl)nn3)CC2)c1. The normalized spacial score (nSPS) is 13.9. The number of rotatable bonds is 5. The molecule has 4 rings (SSSR count). The number of benzene rings is 2. The molecule has 2 heterocycles. The second-order valence-corrected chi connectivity index (χ2v) is 8.67. The Balaban J connectivity index is 1.32. The van der Waals surface area contributed by atoms with E-state index in [-0.39, 0.29) is 12.5 Å². The molecule has 6 nitrogen and oxygen atoms in total. The number of carbonyl (C=O) groups is 1. The quantitative estimate of drug-likeness (QED) is 0.536. The van der Waals surface area contributed by atoms with Crippen LogP contribution in [0.3, 0.4) is 0 Å². The lowest BCUT2D eigenvalue weighted by Gasteiger charge is -2.35. The van der Waals surface area contributed by atoms with Gasteiger partial charge in [0.15, 0.2) is 12.4 Å². The predicted octanol–water partition coefficient (Wildman–Crippen LogP) is 4.79. The number of hydrogen-bond acceptors (Lipinski definition) is 5. The van der Waals surface area contributed by atoms with Crippen LogP contribution in [0.1, 0.15) is 11.1 Å². The summed E-state index contributed by atoms with van der Waals surface area (Å²) in [5.74, 6) is 1.52. The topological polar surface area (TPSA) is 58.6 Å². The van der Waals surface area contributed by atoms with Crippen molar-refractivity contribution in [2.24, 2.45) is 0 Å². The van der Waals surface area contributed by atoms with Gasteiger partial charge in [-0.15, -0.1) is 10.2 Å². The molecular formula is C24H24Cl2N4O2. The molecule has 0 spiro atoms. The fraction of sp³-hybridized carbons (Fsp3) is 0.292. The lowest BCUT2D eigenvalue weighted by atomic mass is 10.1. The van der Waals surface area contributed by atoms with E-state index in [2.05, 4.69) is 15.1 Å². The van der Waals surface area contributed by atoms with Crippen molar-refractivity contribution in [2.75, 3.05) is 37.7 Å². The van der Waals surface area contributed by atoms with Crippen molar-refractivity contribution >= 4 is 34.9 Å². The molecule has 0 saturated carbocycles. The fourth-order valence-corrected chi connectivity index (χ4v) is 4.12. The van der Waals surface area contributed by atoms with Gasteiger partial charge in [0.2, 0.25) is 0 Å². The van der Waals surface area contributed by atoms with Gasteiger partial charge in [-0.1, -0.05) is 35.3 Å².